The number of amidine groups is 1. The lowest BCUT2D eigenvalue weighted by Gasteiger charge is -2.37. The van der Waals surface area contributed by atoms with E-state index in [4.69, 9.17) is 19.3 Å². The normalized spacial score (nSPS) is 30.9. The summed E-state index contributed by atoms with van der Waals surface area (Å²) in [5.74, 6) is 1.42. The maximum atomic E-state index is 13.8. The predicted octanol–water partition coefficient (Wildman–Crippen LogP) is 7.12. The molecule has 3 aliphatic rings. The van der Waals surface area contributed by atoms with Crippen LogP contribution < -0.4 is 10.8 Å². The van der Waals surface area contributed by atoms with Gasteiger partial charge < -0.3 is 19.8 Å². The number of ether oxygens (including phenoxy) is 2. The van der Waals surface area contributed by atoms with Crippen molar-refractivity contribution in [3.8, 4) is 0 Å². The average Bonchev–Trinajstić information content (AvgIpc) is 3.46. The van der Waals surface area contributed by atoms with Crippen LogP contribution in [0.4, 0.5) is 5.82 Å². The van der Waals surface area contributed by atoms with Crippen molar-refractivity contribution in [2.45, 2.75) is 114 Å². The van der Waals surface area contributed by atoms with Gasteiger partial charge in [-0.2, -0.15) is 0 Å². The molecule has 0 bridgehead atoms. The number of H-pyrrole nitrogens is 1. The highest BCUT2D eigenvalue weighted by molar-refractivity contribution is 6.25. The third-order valence-corrected chi connectivity index (χ3v) is 10.0. The number of hydrogen-bond acceptors (Lipinski definition) is 8. The number of hydrogen-bond donors (Lipinski definition) is 3. The number of nitrogens with one attached hydrogen (secondary N) is 3. The van der Waals surface area contributed by atoms with Gasteiger partial charge in [0.2, 0.25) is 5.91 Å². The minimum absolute atomic E-state index is 0.167. The Hall–Kier alpha value is -3.40. The lowest BCUT2D eigenvalue weighted by Crippen LogP contribution is -2.39. The van der Waals surface area contributed by atoms with Gasteiger partial charge in [0.25, 0.3) is 0 Å². The van der Waals surface area contributed by atoms with E-state index in [-0.39, 0.29) is 53.2 Å². The Bertz CT molecular complexity index is 1410. The Balaban J connectivity index is 1.72. The summed E-state index contributed by atoms with van der Waals surface area (Å²) in [5.41, 5.74) is 6.61. The number of carbonyl (C=O) groups is 3. The summed E-state index contributed by atoms with van der Waals surface area (Å²) in [6.07, 6.45) is 3.60. The maximum Gasteiger partial charge on any atom is 0.342 e. The van der Waals surface area contributed by atoms with Crippen LogP contribution in [-0.2, 0) is 23.9 Å². The first-order valence-corrected chi connectivity index (χ1v) is 17.0. The molecule has 10 heteroatoms. The Morgan fingerprint density at radius 3 is 1.80 bits per heavy atom. The van der Waals surface area contributed by atoms with E-state index in [1.165, 1.54) is 6.92 Å². The Morgan fingerprint density at radius 1 is 0.826 bits per heavy atom. The first-order chi connectivity index (χ1) is 21.6. The topological polar surface area (TPSA) is 131 Å². The molecule has 254 valence electrons. The van der Waals surface area contributed by atoms with E-state index in [9.17, 15) is 14.4 Å². The molecule has 2 heterocycles. The van der Waals surface area contributed by atoms with Crippen molar-refractivity contribution in [2.24, 2.45) is 40.5 Å². The zero-order chi connectivity index (χ0) is 34.0. The predicted molar refractivity (Wildman–Crippen MR) is 180 cm³/mol. The van der Waals surface area contributed by atoms with Crippen LogP contribution in [0.15, 0.2) is 21.8 Å². The van der Waals surface area contributed by atoms with Gasteiger partial charge in [-0.05, 0) is 106 Å². The molecule has 46 heavy (non-hydrogen) atoms. The quantitative estimate of drug-likeness (QED) is 0.204. The van der Waals surface area contributed by atoms with E-state index in [0.717, 1.165) is 25.7 Å². The first-order valence-electron chi connectivity index (χ1n) is 17.0. The van der Waals surface area contributed by atoms with Crippen molar-refractivity contribution in [3.05, 3.63) is 33.7 Å². The molecule has 0 radical (unpaired) electrons. The summed E-state index contributed by atoms with van der Waals surface area (Å²) in [6.45, 7) is 22.2. The summed E-state index contributed by atoms with van der Waals surface area (Å²) < 4.78 is 12.3. The first kappa shape index (κ1) is 35.5. The van der Waals surface area contributed by atoms with Crippen LogP contribution in [0, 0.1) is 42.4 Å². The molecule has 4 atom stereocenters. The van der Waals surface area contributed by atoms with Gasteiger partial charge in [-0.1, -0.05) is 41.5 Å². The van der Waals surface area contributed by atoms with E-state index >= 15 is 0 Å². The number of esters is 2. The van der Waals surface area contributed by atoms with Crippen LogP contribution in [0.2, 0.25) is 0 Å². The van der Waals surface area contributed by atoms with Crippen molar-refractivity contribution in [3.63, 3.8) is 0 Å². The number of aromatic amines is 1. The molecule has 1 aliphatic heterocycles. The van der Waals surface area contributed by atoms with Crippen LogP contribution in [0.25, 0.3) is 5.57 Å². The fraction of sp³-hybridized carbons (Fsp3) is 0.667. The average molecular weight is 639 g/mol. The highest BCUT2D eigenvalue weighted by Crippen LogP contribution is 2.40. The fourth-order valence-electron chi connectivity index (χ4n) is 8.20. The molecule has 4 unspecified atom stereocenters. The van der Waals surface area contributed by atoms with Crippen molar-refractivity contribution in [1.29, 1.82) is 0 Å². The van der Waals surface area contributed by atoms with Crippen LogP contribution >= 0.6 is 0 Å². The van der Waals surface area contributed by atoms with Crippen LogP contribution in [0.5, 0.6) is 0 Å². The molecule has 3 N–H and O–H groups in total. The molecule has 4 rings (SSSR count). The minimum atomic E-state index is -0.498. The van der Waals surface area contributed by atoms with E-state index in [1.54, 1.807) is 0 Å². The zero-order valence-electron chi connectivity index (χ0n) is 29.6. The number of carbonyl (C=O) groups excluding carboxylic acids is 3. The summed E-state index contributed by atoms with van der Waals surface area (Å²) in [5, 5.41) is 2.74. The lowest BCUT2D eigenvalue weighted by molar-refractivity contribution is -0.152. The Kier molecular flexibility index (Phi) is 11.2. The highest BCUT2D eigenvalue weighted by Gasteiger charge is 2.39. The monoisotopic (exact) mass is 638 g/mol. The second-order valence-corrected chi connectivity index (χ2v) is 14.3. The Labute approximate surface area is 274 Å². The zero-order valence-corrected chi connectivity index (χ0v) is 29.6. The molecule has 1 aromatic rings. The summed E-state index contributed by atoms with van der Waals surface area (Å²) in [7, 11) is 0. The second kappa shape index (κ2) is 14.6. The van der Waals surface area contributed by atoms with Gasteiger partial charge in [-0.15, -0.1) is 0 Å². The van der Waals surface area contributed by atoms with Gasteiger partial charge >= 0.3 is 11.9 Å². The SMILES string of the molecule is CCONc1[nH]c(/C(C)=C2\N=C(NC(C)=O)C(C(=O)OC3C(C)CC(C)CC3C)=C2C)c(C)c1C(=O)OC1C(C)CC(C)CC1C. The number of allylic oxidation sites excluding steroid dienone is 2. The number of rotatable bonds is 8. The van der Waals surface area contributed by atoms with E-state index in [2.05, 4.69) is 57.3 Å². The number of amides is 1. The van der Waals surface area contributed by atoms with Gasteiger partial charge in [0.1, 0.15) is 35.0 Å². The minimum Gasteiger partial charge on any atom is -0.458 e. The molecule has 0 spiro atoms. The number of anilines is 1. The van der Waals surface area contributed by atoms with E-state index < -0.39 is 11.9 Å². The molecule has 2 fully saturated rings. The molecule has 1 aromatic heterocycles. The molecule has 0 aromatic carbocycles. The third kappa shape index (κ3) is 7.42. The molecule has 0 saturated heterocycles. The van der Waals surface area contributed by atoms with Gasteiger partial charge in [0, 0.05) is 12.6 Å². The maximum absolute atomic E-state index is 13.8. The summed E-state index contributed by atoms with van der Waals surface area (Å²) >= 11 is 0. The van der Waals surface area contributed by atoms with E-state index in [0.29, 0.717) is 57.9 Å². The molecule has 1 amide bonds. The molecule has 10 nitrogen and oxygen atoms in total. The summed E-state index contributed by atoms with van der Waals surface area (Å²) in [4.78, 5) is 53.3. The van der Waals surface area contributed by atoms with Gasteiger partial charge in [-0.3, -0.25) is 15.1 Å². The molecule has 2 aliphatic carbocycles. The molecular formula is C36H54N4O6. The molecular weight excluding hydrogens is 584 g/mol. The van der Waals surface area contributed by atoms with Crippen molar-refractivity contribution >= 4 is 35.1 Å². The standard InChI is InChI=1S/C36H54N4O6/c1-12-44-40-34-28(36(43)46-32-21(6)15-18(3)16-22(32)7)24(9)30(39-34)25(10)29-23(8)27(33(38-29)37-26(11)41)35(42)45-31-19(4)13-17(2)14-20(31)5/h17-22,31-32,39-40H,12-16H2,1-11H3,(H,37,38,41)/b29-25-. The molecule has 2 saturated carbocycles. The number of aliphatic imine (C=N–C) groups is 1. The summed E-state index contributed by atoms with van der Waals surface area (Å²) in [6, 6.07) is 0. The Morgan fingerprint density at radius 2 is 1.33 bits per heavy atom. The smallest absolute Gasteiger partial charge is 0.342 e. The third-order valence-electron chi connectivity index (χ3n) is 10.0. The van der Waals surface area contributed by atoms with Gasteiger partial charge in [-0.25, -0.2) is 14.6 Å². The number of nitrogens with zero attached hydrogens (tertiary/aromatic N) is 1. The fourth-order valence-corrected chi connectivity index (χ4v) is 8.20. The van der Waals surface area contributed by atoms with E-state index in [1.807, 2.05) is 27.7 Å². The lowest BCUT2D eigenvalue weighted by atomic mass is 9.75. The van der Waals surface area contributed by atoms with Gasteiger partial charge in [0.15, 0.2) is 0 Å². The van der Waals surface area contributed by atoms with Gasteiger partial charge in [0.05, 0.1) is 12.3 Å². The van der Waals surface area contributed by atoms with Crippen molar-refractivity contribution in [2.75, 3.05) is 12.1 Å². The van der Waals surface area contributed by atoms with Crippen LogP contribution in [0.1, 0.15) is 117 Å². The highest BCUT2D eigenvalue weighted by atomic mass is 16.6. The van der Waals surface area contributed by atoms with Crippen molar-refractivity contribution < 1.29 is 28.7 Å². The van der Waals surface area contributed by atoms with Crippen molar-refractivity contribution in [1.82, 2.24) is 10.3 Å². The van der Waals surface area contributed by atoms with Crippen LogP contribution in [-0.4, -0.2) is 47.5 Å². The largest absolute Gasteiger partial charge is 0.458 e. The second-order valence-electron chi connectivity index (χ2n) is 14.3. The van der Waals surface area contributed by atoms with Crippen LogP contribution in [0.3, 0.4) is 0 Å². The number of aromatic nitrogens is 1.